The molecule has 2 saturated heterocycles. The van der Waals surface area contributed by atoms with Gasteiger partial charge in [0, 0.05) is 0 Å². The lowest BCUT2D eigenvalue weighted by Crippen LogP contribution is -2.42. The van der Waals surface area contributed by atoms with Gasteiger partial charge in [0.1, 0.15) is 25.3 Å². The quantitative estimate of drug-likeness (QED) is 0.351. The largest absolute Gasteiger partial charge is 0.350 e. The van der Waals surface area contributed by atoms with Crippen LogP contribution in [0.1, 0.15) is 51.4 Å². The fraction of sp³-hybridized carbons (Fsp3) is 1.00. The predicted molar refractivity (Wildman–Crippen MR) is 112 cm³/mol. The van der Waals surface area contributed by atoms with Gasteiger partial charge in [0.25, 0.3) is 0 Å². The zero-order valence-electron chi connectivity index (χ0n) is 19.3. The molecule has 2 heterocycles. The highest BCUT2D eigenvalue weighted by Gasteiger charge is 2.30. The van der Waals surface area contributed by atoms with Gasteiger partial charge in [-0.05, 0) is 25.7 Å². The molecule has 2 rings (SSSR count). The van der Waals surface area contributed by atoms with Crippen molar-refractivity contribution in [3.05, 3.63) is 0 Å². The first-order chi connectivity index (χ1) is 13.1. The first-order valence-corrected chi connectivity index (χ1v) is 11.3. The van der Waals surface area contributed by atoms with Gasteiger partial charge in [0.2, 0.25) is 0 Å². The summed E-state index contributed by atoms with van der Waals surface area (Å²) in [6.07, 6.45) is 10.1. The average Bonchev–Trinajstić information content (AvgIpc) is 3.16. The summed E-state index contributed by atoms with van der Waals surface area (Å²) in [7, 11) is 13.2. The van der Waals surface area contributed by atoms with Crippen molar-refractivity contribution in [3.8, 4) is 0 Å². The smallest absolute Gasteiger partial charge is 0.158 e. The first-order valence-electron chi connectivity index (χ1n) is 11.3. The second-order valence-corrected chi connectivity index (χ2v) is 10.7. The topological polar surface area (TPSA) is 36.9 Å². The Bertz CT molecular complexity index is 393. The number of unbranched alkanes of at least 4 members (excludes halogenated alkanes) is 5. The van der Waals surface area contributed by atoms with Crippen molar-refractivity contribution in [2.45, 2.75) is 76.2 Å². The maximum absolute atomic E-state index is 6.01. The molecule has 0 aromatic heterocycles. The van der Waals surface area contributed by atoms with Crippen LogP contribution in [0.15, 0.2) is 0 Å². The molecule has 28 heavy (non-hydrogen) atoms. The van der Waals surface area contributed by atoms with Crippen LogP contribution in [0.4, 0.5) is 0 Å². The molecule has 4 unspecified atom stereocenters. The monoisotopic (exact) mass is 402 g/mol. The summed E-state index contributed by atoms with van der Waals surface area (Å²) in [5.74, 6) is 0. The number of nitrogens with zero attached hydrogens (tertiary/aromatic N) is 2. The second kappa shape index (κ2) is 11.2. The van der Waals surface area contributed by atoms with Crippen LogP contribution in [0.3, 0.4) is 0 Å². The second-order valence-electron chi connectivity index (χ2n) is 10.7. The molecule has 0 aliphatic carbocycles. The van der Waals surface area contributed by atoms with Crippen LogP contribution < -0.4 is 0 Å². The summed E-state index contributed by atoms with van der Waals surface area (Å²) in [4.78, 5) is 0. The van der Waals surface area contributed by atoms with E-state index in [2.05, 4.69) is 42.3 Å². The molecule has 6 nitrogen and oxygen atoms in total. The summed E-state index contributed by atoms with van der Waals surface area (Å²) in [6, 6.07) is 0. The molecule has 0 aromatic rings. The van der Waals surface area contributed by atoms with Gasteiger partial charge in [-0.1, -0.05) is 25.7 Å². The molecule has 2 aliphatic rings. The van der Waals surface area contributed by atoms with E-state index in [1.54, 1.807) is 0 Å². The molecule has 0 aromatic carbocycles. The molecule has 0 N–H and O–H groups in total. The Morgan fingerprint density at radius 1 is 0.571 bits per heavy atom. The van der Waals surface area contributed by atoms with Crippen LogP contribution in [-0.4, -0.2) is 102 Å². The van der Waals surface area contributed by atoms with Crippen molar-refractivity contribution >= 4 is 0 Å². The minimum Gasteiger partial charge on any atom is -0.350 e. The van der Waals surface area contributed by atoms with E-state index in [-0.39, 0.29) is 24.8 Å². The van der Waals surface area contributed by atoms with Crippen LogP contribution in [0.2, 0.25) is 0 Å². The number of hydrogen-bond acceptors (Lipinski definition) is 4. The molecule has 0 spiro atoms. The lowest BCUT2D eigenvalue weighted by Gasteiger charge is -2.26. The zero-order chi connectivity index (χ0) is 20.6. The summed E-state index contributed by atoms with van der Waals surface area (Å²) in [6.45, 7) is 3.53. The van der Waals surface area contributed by atoms with Crippen LogP contribution in [0.25, 0.3) is 0 Å². The van der Waals surface area contributed by atoms with Gasteiger partial charge in [-0.2, -0.15) is 0 Å². The fourth-order valence-electron chi connectivity index (χ4n) is 4.06. The van der Waals surface area contributed by atoms with Crippen molar-refractivity contribution < 1.29 is 27.9 Å². The normalized spacial score (nSPS) is 28.9. The van der Waals surface area contributed by atoms with E-state index in [4.69, 9.17) is 18.9 Å². The third-order valence-corrected chi connectivity index (χ3v) is 5.26. The Morgan fingerprint density at radius 2 is 0.929 bits per heavy atom. The lowest BCUT2D eigenvalue weighted by atomic mass is 10.1. The minimum absolute atomic E-state index is 0.0212. The zero-order valence-corrected chi connectivity index (χ0v) is 19.3. The summed E-state index contributed by atoms with van der Waals surface area (Å²) in [5, 5.41) is 0. The van der Waals surface area contributed by atoms with Crippen LogP contribution in [0.5, 0.6) is 0 Å². The molecule has 0 saturated carbocycles. The van der Waals surface area contributed by atoms with Crippen molar-refractivity contribution in [1.82, 2.24) is 0 Å². The number of quaternary nitrogens is 2. The molecule has 6 heteroatoms. The van der Waals surface area contributed by atoms with E-state index in [0.29, 0.717) is 0 Å². The summed E-state index contributed by atoms with van der Waals surface area (Å²) >= 11 is 0. The molecule has 0 bridgehead atoms. The Balaban J connectivity index is 1.40. The number of hydrogen-bond donors (Lipinski definition) is 0. The highest BCUT2D eigenvalue weighted by Crippen LogP contribution is 2.21. The Kier molecular flexibility index (Phi) is 9.64. The average molecular weight is 403 g/mol. The minimum atomic E-state index is 0.0212. The van der Waals surface area contributed by atoms with Gasteiger partial charge >= 0.3 is 0 Å². The highest BCUT2D eigenvalue weighted by molar-refractivity contribution is 4.66. The molecule has 0 radical (unpaired) electrons. The van der Waals surface area contributed by atoms with Crippen molar-refractivity contribution in [2.75, 3.05) is 68.6 Å². The molecule has 2 fully saturated rings. The van der Waals surface area contributed by atoms with E-state index in [0.717, 1.165) is 48.1 Å². The Hall–Kier alpha value is -0.240. The van der Waals surface area contributed by atoms with Crippen LogP contribution >= 0.6 is 0 Å². The highest BCUT2D eigenvalue weighted by atomic mass is 16.7. The van der Waals surface area contributed by atoms with E-state index in [1.807, 2.05) is 0 Å². The van der Waals surface area contributed by atoms with Crippen LogP contribution in [0, 0.1) is 0 Å². The molecule has 0 amide bonds. The molecular formula is C22H46N2O4+2. The van der Waals surface area contributed by atoms with Crippen molar-refractivity contribution in [3.63, 3.8) is 0 Å². The lowest BCUT2D eigenvalue weighted by molar-refractivity contribution is -0.873. The van der Waals surface area contributed by atoms with E-state index < -0.39 is 0 Å². The fourth-order valence-corrected chi connectivity index (χ4v) is 4.06. The predicted octanol–water partition coefficient (Wildman–Crippen LogP) is 3.00. The SMILES string of the molecule is C[N+](C)(C)CC1COC(CCCCCCCCC2OCC(C[N+](C)(C)C)O2)O1. The third-order valence-electron chi connectivity index (χ3n) is 5.26. The molecule has 2 aliphatic heterocycles. The van der Waals surface area contributed by atoms with Gasteiger partial charge in [-0.25, -0.2) is 0 Å². The van der Waals surface area contributed by atoms with Gasteiger partial charge < -0.3 is 27.9 Å². The summed E-state index contributed by atoms with van der Waals surface area (Å²) < 4.78 is 25.5. The van der Waals surface area contributed by atoms with E-state index in [9.17, 15) is 0 Å². The van der Waals surface area contributed by atoms with Gasteiger partial charge in [-0.3, -0.25) is 0 Å². The Morgan fingerprint density at radius 3 is 1.29 bits per heavy atom. The third kappa shape index (κ3) is 10.5. The maximum Gasteiger partial charge on any atom is 0.158 e. The number of ether oxygens (including phenoxy) is 4. The molecular weight excluding hydrogens is 356 g/mol. The number of rotatable bonds is 13. The van der Waals surface area contributed by atoms with Crippen molar-refractivity contribution in [1.29, 1.82) is 0 Å². The number of likely N-dealkylation sites (N-methyl/N-ethyl adjacent to an activating group) is 2. The van der Waals surface area contributed by atoms with Gasteiger partial charge in [0.15, 0.2) is 12.6 Å². The summed E-state index contributed by atoms with van der Waals surface area (Å²) in [5.41, 5.74) is 0. The van der Waals surface area contributed by atoms with E-state index >= 15 is 0 Å². The van der Waals surface area contributed by atoms with Crippen LogP contribution in [-0.2, 0) is 18.9 Å². The standard InChI is InChI=1S/C22H46N2O4/c1-23(2,3)15-19-17-25-21(27-19)13-11-9-7-8-10-12-14-22-26-18-20(28-22)16-24(4,5)6/h19-22H,7-18H2,1-6H3/q+2. The van der Waals surface area contributed by atoms with Gasteiger partial charge in [0.05, 0.1) is 55.5 Å². The maximum atomic E-state index is 6.01. The molecule has 4 atom stereocenters. The van der Waals surface area contributed by atoms with Crippen molar-refractivity contribution in [2.24, 2.45) is 0 Å². The first kappa shape index (κ1) is 24.0. The molecule has 166 valence electrons. The van der Waals surface area contributed by atoms with Gasteiger partial charge in [-0.15, -0.1) is 0 Å². The Labute approximate surface area is 173 Å². The van der Waals surface area contributed by atoms with E-state index in [1.165, 1.54) is 38.5 Å².